The van der Waals surface area contributed by atoms with Gasteiger partial charge in [-0.2, -0.15) is 0 Å². The SMILES string of the molecule is CCOc1ccc(NC(=O)c2cncc(Cl)n2)cc1F. The van der Waals surface area contributed by atoms with Crippen LogP contribution in [-0.4, -0.2) is 22.5 Å². The maximum Gasteiger partial charge on any atom is 0.275 e. The lowest BCUT2D eigenvalue weighted by atomic mass is 10.2. The van der Waals surface area contributed by atoms with Crippen molar-refractivity contribution in [3.63, 3.8) is 0 Å². The average molecular weight is 296 g/mol. The number of rotatable bonds is 4. The molecular weight excluding hydrogens is 285 g/mol. The van der Waals surface area contributed by atoms with Crippen LogP contribution in [0.2, 0.25) is 5.15 Å². The Balaban J connectivity index is 2.14. The summed E-state index contributed by atoms with van der Waals surface area (Å²) in [6, 6.07) is 4.14. The molecule has 0 radical (unpaired) electrons. The van der Waals surface area contributed by atoms with Crippen molar-refractivity contribution in [3.05, 3.63) is 47.3 Å². The summed E-state index contributed by atoms with van der Waals surface area (Å²) in [5.74, 6) is -0.946. The predicted octanol–water partition coefficient (Wildman–Crippen LogP) is 2.92. The molecule has 0 atom stereocenters. The second-order valence-electron chi connectivity index (χ2n) is 3.76. The van der Waals surface area contributed by atoms with Gasteiger partial charge < -0.3 is 10.1 Å². The maximum absolute atomic E-state index is 13.6. The first-order valence-corrected chi connectivity index (χ1v) is 6.19. The molecule has 7 heteroatoms. The Kier molecular flexibility index (Phi) is 4.47. The van der Waals surface area contributed by atoms with E-state index in [-0.39, 0.29) is 22.3 Å². The second kappa shape index (κ2) is 6.29. The van der Waals surface area contributed by atoms with Crippen molar-refractivity contribution >= 4 is 23.2 Å². The van der Waals surface area contributed by atoms with E-state index in [1.807, 2.05) is 0 Å². The van der Waals surface area contributed by atoms with E-state index in [9.17, 15) is 9.18 Å². The van der Waals surface area contributed by atoms with Crippen LogP contribution < -0.4 is 10.1 Å². The molecule has 1 amide bonds. The van der Waals surface area contributed by atoms with E-state index < -0.39 is 11.7 Å². The largest absolute Gasteiger partial charge is 0.491 e. The zero-order valence-electron chi connectivity index (χ0n) is 10.6. The highest BCUT2D eigenvalue weighted by atomic mass is 35.5. The first kappa shape index (κ1) is 14.2. The Morgan fingerprint density at radius 3 is 2.90 bits per heavy atom. The van der Waals surface area contributed by atoms with Crippen LogP contribution in [0.1, 0.15) is 17.4 Å². The van der Waals surface area contributed by atoms with Gasteiger partial charge in [0.05, 0.1) is 19.0 Å². The fraction of sp³-hybridized carbons (Fsp3) is 0.154. The fourth-order valence-corrected chi connectivity index (χ4v) is 1.65. The first-order chi connectivity index (χ1) is 9.60. The Morgan fingerprint density at radius 2 is 2.25 bits per heavy atom. The molecule has 1 N–H and O–H groups in total. The topological polar surface area (TPSA) is 64.1 Å². The molecule has 0 saturated carbocycles. The quantitative estimate of drug-likeness (QED) is 0.942. The van der Waals surface area contributed by atoms with Gasteiger partial charge in [0.15, 0.2) is 11.6 Å². The molecule has 1 aromatic heterocycles. The number of halogens is 2. The first-order valence-electron chi connectivity index (χ1n) is 5.81. The minimum Gasteiger partial charge on any atom is -0.491 e. The summed E-state index contributed by atoms with van der Waals surface area (Å²) < 4.78 is 18.7. The fourth-order valence-electron chi connectivity index (χ4n) is 1.50. The van der Waals surface area contributed by atoms with Gasteiger partial charge in [-0.1, -0.05) is 11.6 Å². The number of benzene rings is 1. The summed E-state index contributed by atoms with van der Waals surface area (Å²) >= 11 is 5.64. The number of carbonyl (C=O) groups excluding carboxylic acids is 1. The molecule has 1 heterocycles. The number of aromatic nitrogens is 2. The van der Waals surface area contributed by atoms with E-state index in [1.54, 1.807) is 6.92 Å². The van der Waals surface area contributed by atoms with Crippen molar-refractivity contribution in [2.45, 2.75) is 6.92 Å². The standard InChI is InChI=1S/C13H11ClFN3O2/c1-2-20-11-4-3-8(5-9(11)15)17-13(19)10-6-16-7-12(14)18-10/h3-7H,2H2,1H3,(H,17,19). The number of hydrogen-bond acceptors (Lipinski definition) is 4. The third-order valence-electron chi connectivity index (χ3n) is 2.33. The van der Waals surface area contributed by atoms with Crippen LogP contribution in [0.5, 0.6) is 5.75 Å². The van der Waals surface area contributed by atoms with Crippen molar-refractivity contribution in [2.75, 3.05) is 11.9 Å². The summed E-state index contributed by atoms with van der Waals surface area (Å²) in [6.45, 7) is 2.12. The predicted molar refractivity (Wildman–Crippen MR) is 72.6 cm³/mol. The Morgan fingerprint density at radius 1 is 1.45 bits per heavy atom. The van der Waals surface area contributed by atoms with E-state index in [0.717, 1.165) is 0 Å². The van der Waals surface area contributed by atoms with E-state index in [2.05, 4.69) is 15.3 Å². The molecule has 104 valence electrons. The molecule has 0 bridgehead atoms. The van der Waals surface area contributed by atoms with E-state index in [0.29, 0.717) is 6.61 Å². The zero-order valence-corrected chi connectivity index (χ0v) is 11.3. The monoisotopic (exact) mass is 295 g/mol. The van der Waals surface area contributed by atoms with Crippen molar-refractivity contribution in [1.29, 1.82) is 0 Å². The van der Waals surface area contributed by atoms with E-state index in [4.69, 9.17) is 16.3 Å². The molecule has 0 aliphatic rings. The highest BCUT2D eigenvalue weighted by molar-refractivity contribution is 6.29. The Bertz CT molecular complexity index is 637. The van der Waals surface area contributed by atoms with Gasteiger partial charge in [-0.05, 0) is 19.1 Å². The molecular formula is C13H11ClFN3O2. The molecule has 5 nitrogen and oxygen atoms in total. The van der Waals surface area contributed by atoms with Crippen molar-refractivity contribution in [3.8, 4) is 5.75 Å². The number of ether oxygens (including phenoxy) is 1. The number of nitrogens with one attached hydrogen (secondary N) is 1. The molecule has 2 aromatic rings. The molecule has 0 aliphatic heterocycles. The van der Waals surface area contributed by atoms with Crippen LogP contribution >= 0.6 is 11.6 Å². The normalized spacial score (nSPS) is 10.2. The van der Waals surface area contributed by atoms with Gasteiger partial charge in [-0.15, -0.1) is 0 Å². The highest BCUT2D eigenvalue weighted by Gasteiger charge is 2.11. The van der Waals surface area contributed by atoms with Crippen LogP contribution in [0.3, 0.4) is 0 Å². The lowest BCUT2D eigenvalue weighted by Gasteiger charge is -2.08. The van der Waals surface area contributed by atoms with Crippen LogP contribution in [0, 0.1) is 5.82 Å². The molecule has 0 spiro atoms. The minimum atomic E-state index is -0.554. The van der Waals surface area contributed by atoms with Crippen molar-refractivity contribution < 1.29 is 13.9 Å². The van der Waals surface area contributed by atoms with Gasteiger partial charge in [-0.3, -0.25) is 9.78 Å². The molecule has 0 fully saturated rings. The lowest BCUT2D eigenvalue weighted by Crippen LogP contribution is -2.14. The third kappa shape index (κ3) is 3.42. The van der Waals surface area contributed by atoms with Gasteiger partial charge in [0.1, 0.15) is 10.8 Å². The van der Waals surface area contributed by atoms with Gasteiger partial charge in [0, 0.05) is 11.8 Å². The van der Waals surface area contributed by atoms with Crippen molar-refractivity contribution in [1.82, 2.24) is 9.97 Å². The Labute approximate surface area is 119 Å². The average Bonchev–Trinajstić information content (AvgIpc) is 2.42. The summed E-state index contributed by atoms with van der Waals surface area (Å²) in [5, 5.41) is 2.61. The molecule has 0 saturated heterocycles. The van der Waals surface area contributed by atoms with Crippen LogP contribution in [-0.2, 0) is 0 Å². The van der Waals surface area contributed by atoms with Crippen LogP contribution in [0.25, 0.3) is 0 Å². The van der Waals surface area contributed by atoms with Gasteiger partial charge in [-0.25, -0.2) is 9.37 Å². The highest BCUT2D eigenvalue weighted by Crippen LogP contribution is 2.21. The van der Waals surface area contributed by atoms with Gasteiger partial charge in [0.25, 0.3) is 5.91 Å². The summed E-state index contributed by atoms with van der Waals surface area (Å²) in [4.78, 5) is 19.4. The molecule has 0 aliphatic carbocycles. The smallest absolute Gasteiger partial charge is 0.275 e. The van der Waals surface area contributed by atoms with Crippen molar-refractivity contribution in [2.24, 2.45) is 0 Å². The second-order valence-corrected chi connectivity index (χ2v) is 4.15. The summed E-state index contributed by atoms with van der Waals surface area (Å²) in [5.41, 5.74) is 0.338. The summed E-state index contributed by atoms with van der Waals surface area (Å²) in [6.07, 6.45) is 2.58. The molecule has 2 rings (SSSR count). The number of anilines is 1. The Hall–Kier alpha value is -2.21. The maximum atomic E-state index is 13.6. The summed E-state index contributed by atoms with van der Waals surface area (Å²) in [7, 11) is 0. The number of carbonyl (C=O) groups is 1. The van der Waals surface area contributed by atoms with Crippen LogP contribution in [0.15, 0.2) is 30.6 Å². The van der Waals surface area contributed by atoms with Gasteiger partial charge >= 0.3 is 0 Å². The van der Waals surface area contributed by atoms with Crippen LogP contribution in [0.4, 0.5) is 10.1 Å². The number of amides is 1. The number of hydrogen-bond donors (Lipinski definition) is 1. The molecule has 1 aromatic carbocycles. The minimum absolute atomic E-state index is 0.0480. The van der Waals surface area contributed by atoms with E-state index >= 15 is 0 Å². The number of nitrogens with zero attached hydrogens (tertiary/aromatic N) is 2. The van der Waals surface area contributed by atoms with Gasteiger partial charge in [0.2, 0.25) is 0 Å². The molecule has 0 unspecified atom stereocenters. The zero-order chi connectivity index (χ0) is 14.5. The lowest BCUT2D eigenvalue weighted by molar-refractivity contribution is 0.102. The van der Waals surface area contributed by atoms with E-state index in [1.165, 1.54) is 30.6 Å². The molecule has 20 heavy (non-hydrogen) atoms. The third-order valence-corrected chi connectivity index (χ3v) is 2.51.